The molecule has 0 unspecified atom stereocenters. The van der Waals surface area contributed by atoms with Crippen LogP contribution >= 0.6 is 11.3 Å². The van der Waals surface area contributed by atoms with Gasteiger partial charge in [0, 0.05) is 31.6 Å². The minimum absolute atomic E-state index is 0.209. The van der Waals surface area contributed by atoms with E-state index in [4.69, 9.17) is 0 Å². The number of nitrogens with zero attached hydrogens (tertiary/aromatic N) is 3. The lowest BCUT2D eigenvalue weighted by molar-refractivity contribution is -0.140. The molecule has 0 radical (unpaired) electrons. The average Bonchev–Trinajstić information content (AvgIpc) is 2.91. The quantitative estimate of drug-likeness (QED) is 0.617. The molecule has 0 bridgehead atoms. The smallest absolute Gasteiger partial charge is 0.355 e. The van der Waals surface area contributed by atoms with Gasteiger partial charge in [0.2, 0.25) is 0 Å². The lowest BCUT2D eigenvalue weighted by Gasteiger charge is -2.21. The summed E-state index contributed by atoms with van der Waals surface area (Å²) < 4.78 is 37.4. The summed E-state index contributed by atoms with van der Waals surface area (Å²) in [6.07, 6.45) is -4.39. The minimum atomic E-state index is -4.39. The normalized spacial score (nSPS) is 13.0. The second-order valence-electron chi connectivity index (χ2n) is 5.05. The summed E-state index contributed by atoms with van der Waals surface area (Å²) in [5, 5.41) is 7.46. The number of aliphatic imine (C=N–C) groups is 1. The van der Waals surface area contributed by atoms with Crippen LogP contribution in [0.5, 0.6) is 0 Å². The van der Waals surface area contributed by atoms with Gasteiger partial charge in [-0.3, -0.25) is 4.99 Å². The Balaban J connectivity index is 2.40. The molecule has 126 valence electrons. The first-order chi connectivity index (χ1) is 10.2. The third kappa shape index (κ3) is 6.18. The second kappa shape index (κ2) is 8.33. The summed E-state index contributed by atoms with van der Waals surface area (Å²) >= 11 is 0.977. The fraction of sp³-hybridized carbons (Fsp3) is 0.692. The lowest BCUT2D eigenvalue weighted by atomic mass is 10.3. The van der Waals surface area contributed by atoms with Crippen molar-refractivity contribution in [3.8, 4) is 0 Å². The van der Waals surface area contributed by atoms with Crippen LogP contribution in [-0.4, -0.2) is 49.1 Å². The van der Waals surface area contributed by atoms with Crippen LogP contribution in [0.3, 0.4) is 0 Å². The van der Waals surface area contributed by atoms with Crippen molar-refractivity contribution in [3.05, 3.63) is 16.1 Å². The predicted molar refractivity (Wildman–Crippen MR) is 83.1 cm³/mol. The zero-order chi connectivity index (χ0) is 16.8. The monoisotopic (exact) mass is 337 g/mol. The highest BCUT2D eigenvalue weighted by Gasteiger charge is 2.33. The van der Waals surface area contributed by atoms with E-state index >= 15 is 0 Å². The zero-order valence-electron chi connectivity index (χ0n) is 13.2. The van der Waals surface area contributed by atoms with Gasteiger partial charge in [0.05, 0.1) is 6.54 Å². The van der Waals surface area contributed by atoms with Crippen molar-refractivity contribution >= 4 is 17.3 Å². The summed E-state index contributed by atoms with van der Waals surface area (Å²) in [6.45, 7) is 5.95. The van der Waals surface area contributed by atoms with E-state index in [2.05, 4.69) is 39.4 Å². The summed E-state index contributed by atoms with van der Waals surface area (Å²) in [5.74, 6) is 0.543. The second-order valence-corrected chi connectivity index (χ2v) is 5.99. The molecule has 9 heteroatoms. The van der Waals surface area contributed by atoms with Gasteiger partial charge in [-0.15, -0.1) is 11.3 Å². The first-order valence-corrected chi connectivity index (χ1v) is 7.78. The van der Waals surface area contributed by atoms with Crippen LogP contribution in [0, 0.1) is 0 Å². The average molecular weight is 337 g/mol. The van der Waals surface area contributed by atoms with Crippen molar-refractivity contribution in [2.75, 3.05) is 27.2 Å². The first-order valence-electron chi connectivity index (χ1n) is 6.90. The Labute approximate surface area is 132 Å². The standard InChI is InChI=1S/C13H22F3N5S/c1-9(2)21(4)6-5-18-12(17-3)19-7-11-20-10(8-22-11)13(14,15)16/h8-9H,5-7H2,1-4H3,(H2,17,18,19). The van der Waals surface area contributed by atoms with Gasteiger partial charge in [0.25, 0.3) is 0 Å². The van der Waals surface area contributed by atoms with Gasteiger partial charge in [0.15, 0.2) is 11.7 Å². The molecule has 0 spiro atoms. The first kappa shape index (κ1) is 18.7. The zero-order valence-corrected chi connectivity index (χ0v) is 14.0. The molecular formula is C13H22F3N5S. The molecule has 0 atom stereocenters. The van der Waals surface area contributed by atoms with Crippen LogP contribution in [0.2, 0.25) is 0 Å². The van der Waals surface area contributed by atoms with Crippen molar-refractivity contribution in [2.45, 2.75) is 32.6 Å². The number of thiazole rings is 1. The molecule has 5 nitrogen and oxygen atoms in total. The molecular weight excluding hydrogens is 315 g/mol. The van der Waals surface area contributed by atoms with Gasteiger partial charge >= 0.3 is 6.18 Å². The molecule has 0 fully saturated rings. The molecule has 0 aliphatic carbocycles. The topological polar surface area (TPSA) is 52.6 Å². The van der Waals surface area contributed by atoms with Crippen molar-refractivity contribution in [1.29, 1.82) is 0 Å². The lowest BCUT2D eigenvalue weighted by Crippen LogP contribution is -2.41. The third-order valence-electron chi connectivity index (χ3n) is 3.11. The van der Waals surface area contributed by atoms with Crippen LogP contribution in [0.4, 0.5) is 13.2 Å². The van der Waals surface area contributed by atoms with Crippen LogP contribution in [-0.2, 0) is 12.7 Å². The number of hydrogen-bond acceptors (Lipinski definition) is 4. The Hall–Kier alpha value is -1.35. The molecule has 1 aromatic rings. The van der Waals surface area contributed by atoms with Crippen LogP contribution in [0.25, 0.3) is 0 Å². The number of likely N-dealkylation sites (N-methyl/N-ethyl adjacent to an activating group) is 1. The minimum Gasteiger partial charge on any atom is -0.355 e. The number of guanidine groups is 1. The molecule has 1 heterocycles. The number of rotatable bonds is 6. The molecule has 0 saturated carbocycles. The largest absolute Gasteiger partial charge is 0.434 e. The van der Waals surface area contributed by atoms with E-state index in [1.807, 2.05) is 7.05 Å². The van der Waals surface area contributed by atoms with E-state index in [0.29, 0.717) is 23.6 Å². The highest BCUT2D eigenvalue weighted by atomic mass is 32.1. The maximum atomic E-state index is 12.5. The molecule has 0 aliphatic rings. The van der Waals surface area contributed by atoms with Gasteiger partial charge < -0.3 is 15.5 Å². The van der Waals surface area contributed by atoms with Crippen LogP contribution in [0.1, 0.15) is 24.5 Å². The third-order valence-corrected chi connectivity index (χ3v) is 3.96. The molecule has 0 amide bonds. The van der Waals surface area contributed by atoms with E-state index in [1.54, 1.807) is 7.05 Å². The summed E-state index contributed by atoms with van der Waals surface area (Å²) in [6, 6.07) is 0.452. The van der Waals surface area contributed by atoms with Crippen LogP contribution < -0.4 is 10.6 Å². The highest BCUT2D eigenvalue weighted by molar-refractivity contribution is 7.09. The van der Waals surface area contributed by atoms with E-state index in [9.17, 15) is 13.2 Å². The van der Waals surface area contributed by atoms with Crippen molar-refractivity contribution in [2.24, 2.45) is 4.99 Å². The Morgan fingerprint density at radius 3 is 2.59 bits per heavy atom. The van der Waals surface area contributed by atoms with Gasteiger partial charge in [-0.05, 0) is 20.9 Å². The molecule has 0 aromatic carbocycles. The van der Waals surface area contributed by atoms with Gasteiger partial charge in [-0.25, -0.2) is 4.98 Å². The number of alkyl halides is 3. The maximum Gasteiger partial charge on any atom is 0.434 e. The van der Waals surface area contributed by atoms with Crippen LogP contribution in [0.15, 0.2) is 10.4 Å². The number of nitrogens with one attached hydrogen (secondary N) is 2. The van der Waals surface area contributed by atoms with E-state index in [-0.39, 0.29) is 6.54 Å². The molecule has 1 aromatic heterocycles. The molecule has 0 aliphatic heterocycles. The molecule has 0 saturated heterocycles. The van der Waals surface area contributed by atoms with Gasteiger partial charge in [-0.1, -0.05) is 0 Å². The Morgan fingerprint density at radius 1 is 1.41 bits per heavy atom. The fourth-order valence-electron chi connectivity index (χ4n) is 1.51. The molecule has 22 heavy (non-hydrogen) atoms. The Bertz CT molecular complexity index is 484. The Morgan fingerprint density at radius 2 is 2.09 bits per heavy atom. The van der Waals surface area contributed by atoms with Crippen molar-refractivity contribution < 1.29 is 13.2 Å². The van der Waals surface area contributed by atoms with E-state index in [0.717, 1.165) is 23.3 Å². The highest BCUT2D eigenvalue weighted by Crippen LogP contribution is 2.29. The van der Waals surface area contributed by atoms with E-state index in [1.165, 1.54) is 0 Å². The van der Waals surface area contributed by atoms with Crippen molar-refractivity contribution in [1.82, 2.24) is 20.5 Å². The number of aromatic nitrogens is 1. The summed E-state index contributed by atoms with van der Waals surface area (Å²) in [7, 11) is 3.64. The summed E-state index contributed by atoms with van der Waals surface area (Å²) in [5.41, 5.74) is -0.851. The molecule has 1 rings (SSSR count). The number of hydrogen-bond donors (Lipinski definition) is 2. The predicted octanol–water partition coefficient (Wildman–Crippen LogP) is 2.17. The SMILES string of the molecule is CN=C(NCCN(C)C(C)C)NCc1nc(C(F)(F)F)cs1. The van der Waals surface area contributed by atoms with Gasteiger partial charge in [-0.2, -0.15) is 13.2 Å². The summed E-state index contributed by atoms with van der Waals surface area (Å²) in [4.78, 5) is 9.77. The van der Waals surface area contributed by atoms with Gasteiger partial charge in [0.1, 0.15) is 5.01 Å². The molecule has 2 N–H and O–H groups in total. The maximum absolute atomic E-state index is 12.5. The van der Waals surface area contributed by atoms with E-state index < -0.39 is 11.9 Å². The van der Waals surface area contributed by atoms with Crippen molar-refractivity contribution in [3.63, 3.8) is 0 Å². The number of halogens is 3. The fourth-order valence-corrected chi connectivity index (χ4v) is 2.25. The Kier molecular flexibility index (Phi) is 7.08.